The smallest absolute Gasteiger partial charge is 0.174 e. The molecule has 0 bridgehead atoms. The van der Waals surface area contributed by atoms with Crippen LogP contribution in [-0.4, -0.2) is 20.6 Å². The third-order valence-corrected chi connectivity index (χ3v) is 3.76. The van der Waals surface area contributed by atoms with Crippen molar-refractivity contribution in [3.63, 3.8) is 0 Å². The quantitative estimate of drug-likeness (QED) is 0.786. The van der Waals surface area contributed by atoms with E-state index in [0.717, 1.165) is 17.5 Å². The van der Waals surface area contributed by atoms with E-state index in [-0.39, 0.29) is 11.7 Å². The molecule has 0 radical (unpaired) electrons. The summed E-state index contributed by atoms with van der Waals surface area (Å²) in [6, 6.07) is 16.1. The number of aromatic nitrogens is 4. The van der Waals surface area contributed by atoms with Gasteiger partial charge in [0.05, 0.1) is 11.6 Å². The Morgan fingerprint density at radius 2 is 1.70 bits per heavy atom. The van der Waals surface area contributed by atoms with Crippen LogP contribution in [0.5, 0.6) is 0 Å². The lowest BCUT2D eigenvalue weighted by Crippen LogP contribution is -2.04. The predicted molar refractivity (Wildman–Crippen MR) is 81.9 cm³/mol. The fraction of sp³-hybridized carbons (Fsp3) is 0.176. The molecule has 0 fully saturated rings. The molecule has 1 aromatic heterocycles. The van der Waals surface area contributed by atoms with Crippen LogP contribution in [0.1, 0.15) is 34.9 Å². The fourth-order valence-corrected chi connectivity index (χ4v) is 2.57. The number of nitrogens with zero attached hydrogens (tertiary/aromatic N) is 4. The highest BCUT2D eigenvalue weighted by Gasteiger charge is 2.16. The Balaban J connectivity index is 1.88. The molecule has 3 aromatic rings. The molecule has 0 saturated carbocycles. The second kappa shape index (κ2) is 6.79. The van der Waals surface area contributed by atoms with E-state index in [1.807, 2.05) is 12.1 Å². The van der Waals surface area contributed by atoms with Gasteiger partial charge in [0.2, 0.25) is 0 Å². The molecule has 0 amide bonds. The number of rotatable bonds is 5. The van der Waals surface area contributed by atoms with Crippen molar-refractivity contribution in [2.75, 3.05) is 0 Å². The van der Waals surface area contributed by atoms with Crippen molar-refractivity contribution in [1.29, 1.82) is 5.26 Å². The summed E-state index contributed by atoms with van der Waals surface area (Å²) in [4.78, 5) is 0. The molecule has 1 heterocycles. The highest BCUT2D eigenvalue weighted by molar-refractivity contribution is 5.37. The minimum Gasteiger partial charge on any atom is -0.207 e. The average molecular weight is 307 g/mol. The SMILES string of the molecule is N#Cc1ccc(C(CCc2nn[nH]n2)c2ccc(F)cc2)cc1. The van der Waals surface area contributed by atoms with Crippen LogP contribution in [-0.2, 0) is 6.42 Å². The topological polar surface area (TPSA) is 78.2 Å². The number of H-pyrrole nitrogens is 1. The van der Waals surface area contributed by atoms with Gasteiger partial charge in [0, 0.05) is 12.3 Å². The zero-order valence-electron chi connectivity index (χ0n) is 12.3. The van der Waals surface area contributed by atoms with Crippen LogP contribution in [0.25, 0.3) is 0 Å². The summed E-state index contributed by atoms with van der Waals surface area (Å²) in [5.74, 6) is 0.457. The summed E-state index contributed by atoms with van der Waals surface area (Å²) in [6.07, 6.45) is 1.41. The van der Waals surface area contributed by atoms with Gasteiger partial charge in [-0.05, 0) is 41.8 Å². The Morgan fingerprint density at radius 1 is 1.04 bits per heavy atom. The monoisotopic (exact) mass is 307 g/mol. The van der Waals surface area contributed by atoms with Crippen molar-refractivity contribution < 1.29 is 4.39 Å². The van der Waals surface area contributed by atoms with Crippen LogP contribution in [0, 0.1) is 17.1 Å². The maximum atomic E-state index is 13.2. The Kier molecular flexibility index (Phi) is 4.39. The van der Waals surface area contributed by atoms with Gasteiger partial charge in [0.15, 0.2) is 5.82 Å². The van der Waals surface area contributed by atoms with Gasteiger partial charge in [-0.15, -0.1) is 10.2 Å². The van der Waals surface area contributed by atoms with Crippen LogP contribution in [0.15, 0.2) is 48.5 Å². The van der Waals surface area contributed by atoms with Crippen molar-refractivity contribution in [2.24, 2.45) is 0 Å². The van der Waals surface area contributed by atoms with Crippen molar-refractivity contribution in [2.45, 2.75) is 18.8 Å². The molecule has 3 rings (SSSR count). The minimum absolute atomic E-state index is 0.0712. The largest absolute Gasteiger partial charge is 0.207 e. The molecule has 0 saturated heterocycles. The van der Waals surface area contributed by atoms with Crippen LogP contribution in [0.3, 0.4) is 0 Å². The Labute approximate surface area is 132 Å². The van der Waals surface area contributed by atoms with E-state index in [0.29, 0.717) is 17.8 Å². The third kappa shape index (κ3) is 3.58. The highest BCUT2D eigenvalue weighted by Crippen LogP contribution is 2.29. The molecule has 0 aliphatic heterocycles. The van der Waals surface area contributed by atoms with Gasteiger partial charge in [-0.3, -0.25) is 0 Å². The zero-order valence-corrected chi connectivity index (χ0v) is 12.3. The lowest BCUT2D eigenvalue weighted by molar-refractivity contribution is 0.624. The lowest BCUT2D eigenvalue weighted by atomic mass is 9.87. The molecular weight excluding hydrogens is 293 g/mol. The summed E-state index contributed by atoms with van der Waals surface area (Å²) in [5, 5.41) is 22.9. The van der Waals surface area contributed by atoms with E-state index in [2.05, 4.69) is 26.7 Å². The molecule has 1 unspecified atom stereocenters. The molecular formula is C17H14FN5. The summed E-state index contributed by atoms with van der Waals surface area (Å²) >= 11 is 0. The predicted octanol–water partition coefficient (Wildman–Crippen LogP) is 2.98. The standard InChI is InChI=1S/C17H14FN5/c18-15-7-5-14(6-8-15)16(9-10-17-20-22-23-21-17)13-3-1-12(11-19)2-4-13/h1-8,16H,9-10H2,(H,20,21,22,23). The van der Waals surface area contributed by atoms with Crippen LogP contribution >= 0.6 is 0 Å². The molecule has 1 atom stereocenters. The Morgan fingerprint density at radius 3 is 2.26 bits per heavy atom. The first-order chi connectivity index (χ1) is 11.3. The van der Waals surface area contributed by atoms with Gasteiger partial charge < -0.3 is 0 Å². The van der Waals surface area contributed by atoms with Crippen molar-refractivity contribution in [1.82, 2.24) is 20.6 Å². The van der Waals surface area contributed by atoms with Gasteiger partial charge >= 0.3 is 0 Å². The number of halogens is 1. The highest BCUT2D eigenvalue weighted by atomic mass is 19.1. The summed E-state index contributed by atoms with van der Waals surface area (Å²) in [7, 11) is 0. The average Bonchev–Trinajstić information content (AvgIpc) is 3.10. The van der Waals surface area contributed by atoms with Crippen LogP contribution in [0.4, 0.5) is 4.39 Å². The summed E-state index contributed by atoms with van der Waals surface area (Å²) < 4.78 is 13.2. The van der Waals surface area contributed by atoms with Gasteiger partial charge in [-0.1, -0.05) is 29.5 Å². The fourth-order valence-electron chi connectivity index (χ4n) is 2.57. The van der Waals surface area contributed by atoms with Crippen molar-refractivity contribution in [3.8, 4) is 6.07 Å². The van der Waals surface area contributed by atoms with E-state index >= 15 is 0 Å². The van der Waals surface area contributed by atoms with Crippen LogP contribution < -0.4 is 0 Å². The molecule has 114 valence electrons. The van der Waals surface area contributed by atoms with E-state index < -0.39 is 0 Å². The van der Waals surface area contributed by atoms with Gasteiger partial charge in [0.1, 0.15) is 5.82 Å². The maximum Gasteiger partial charge on any atom is 0.174 e. The summed E-state index contributed by atoms with van der Waals surface area (Å²) in [6.45, 7) is 0. The minimum atomic E-state index is -0.259. The zero-order chi connectivity index (χ0) is 16.1. The van der Waals surface area contributed by atoms with Crippen molar-refractivity contribution >= 4 is 0 Å². The number of hydrogen-bond acceptors (Lipinski definition) is 4. The number of hydrogen-bond donors (Lipinski definition) is 1. The maximum absolute atomic E-state index is 13.2. The van der Waals surface area contributed by atoms with Crippen LogP contribution in [0.2, 0.25) is 0 Å². The second-order valence-electron chi connectivity index (χ2n) is 5.20. The molecule has 1 N–H and O–H groups in total. The number of nitriles is 1. The first-order valence-corrected chi connectivity index (χ1v) is 7.24. The van der Waals surface area contributed by atoms with E-state index in [1.54, 1.807) is 24.3 Å². The molecule has 6 heteroatoms. The van der Waals surface area contributed by atoms with Gasteiger partial charge in [-0.2, -0.15) is 10.5 Å². The normalized spacial score (nSPS) is 11.8. The molecule has 5 nitrogen and oxygen atoms in total. The molecule has 0 spiro atoms. The van der Waals surface area contributed by atoms with E-state index in [4.69, 9.17) is 5.26 Å². The lowest BCUT2D eigenvalue weighted by Gasteiger charge is -2.17. The molecule has 2 aromatic carbocycles. The first kappa shape index (κ1) is 14.9. The molecule has 0 aliphatic rings. The Hall–Kier alpha value is -3.07. The van der Waals surface area contributed by atoms with E-state index in [1.165, 1.54) is 12.1 Å². The van der Waals surface area contributed by atoms with E-state index in [9.17, 15) is 4.39 Å². The molecule has 0 aliphatic carbocycles. The number of tetrazole rings is 1. The molecule has 23 heavy (non-hydrogen) atoms. The van der Waals surface area contributed by atoms with Gasteiger partial charge in [-0.25, -0.2) is 4.39 Å². The van der Waals surface area contributed by atoms with Crippen molar-refractivity contribution in [3.05, 3.63) is 76.9 Å². The second-order valence-corrected chi connectivity index (χ2v) is 5.20. The first-order valence-electron chi connectivity index (χ1n) is 7.24. The van der Waals surface area contributed by atoms with Gasteiger partial charge in [0.25, 0.3) is 0 Å². The number of nitrogens with one attached hydrogen (secondary N) is 1. The number of aryl methyl sites for hydroxylation is 1. The third-order valence-electron chi connectivity index (χ3n) is 3.76. The summed E-state index contributed by atoms with van der Waals surface area (Å²) in [5.41, 5.74) is 2.70. The number of aromatic amines is 1. The number of benzene rings is 2. The Bertz CT molecular complexity index is 789.